The van der Waals surface area contributed by atoms with E-state index in [2.05, 4.69) is 9.94 Å². The number of carbonyl (C=O) groups is 1. The summed E-state index contributed by atoms with van der Waals surface area (Å²) in [7, 11) is 0. The van der Waals surface area contributed by atoms with Crippen molar-refractivity contribution in [3.8, 4) is 0 Å². The number of nitrogens with zero attached hydrogens (tertiary/aromatic N) is 3. The Balaban J connectivity index is 1.85. The molecule has 0 aliphatic heterocycles. The zero-order chi connectivity index (χ0) is 23.9. The van der Waals surface area contributed by atoms with Crippen LogP contribution >= 0.6 is 0 Å². The van der Waals surface area contributed by atoms with Crippen molar-refractivity contribution in [1.82, 2.24) is 9.78 Å². The van der Waals surface area contributed by atoms with E-state index in [1.807, 2.05) is 0 Å². The van der Waals surface area contributed by atoms with E-state index in [1.54, 1.807) is 0 Å². The molecule has 0 bridgehead atoms. The molecule has 2 aromatic carbocycles. The first-order valence-electron chi connectivity index (χ1n) is 9.09. The number of fused-ring (bicyclic) bond motifs is 1. The standard InChI is InChI=1S/C21H15F6N3O2/c1-19(32,11-30-10-13-14(20(22,23)24)4-3-5-16(13)29-30)18(31)9-12-6-7-17(28-2)15(8-12)21(25,26)27/h3-8,10,32H,9,11H2,1H3/t19-/m0/s1. The van der Waals surface area contributed by atoms with E-state index in [0.29, 0.717) is 6.07 Å². The van der Waals surface area contributed by atoms with Crippen LogP contribution in [0.25, 0.3) is 15.7 Å². The summed E-state index contributed by atoms with van der Waals surface area (Å²) in [5, 5.41) is 14.3. The van der Waals surface area contributed by atoms with Crippen molar-refractivity contribution in [3.05, 3.63) is 70.7 Å². The second-order valence-electron chi connectivity index (χ2n) is 7.40. The maximum absolute atomic E-state index is 13.2. The van der Waals surface area contributed by atoms with Gasteiger partial charge in [0.25, 0.3) is 0 Å². The molecule has 1 N–H and O–H groups in total. The second kappa shape index (κ2) is 7.94. The highest BCUT2D eigenvalue weighted by molar-refractivity contribution is 5.89. The molecule has 168 valence electrons. The summed E-state index contributed by atoms with van der Waals surface area (Å²) in [6.45, 7) is 7.43. The molecule has 3 aromatic rings. The maximum atomic E-state index is 13.2. The molecule has 1 heterocycles. The first kappa shape index (κ1) is 23.3. The molecule has 0 spiro atoms. The highest BCUT2D eigenvalue weighted by Crippen LogP contribution is 2.37. The second-order valence-corrected chi connectivity index (χ2v) is 7.40. The fraction of sp³-hybridized carbons (Fsp3) is 0.286. The number of hydrogen-bond donors (Lipinski definition) is 1. The number of aromatic nitrogens is 2. The van der Waals surface area contributed by atoms with Gasteiger partial charge in [-0.25, -0.2) is 4.85 Å². The highest BCUT2D eigenvalue weighted by Gasteiger charge is 2.36. The number of aliphatic hydroxyl groups is 1. The number of alkyl halides is 6. The fourth-order valence-corrected chi connectivity index (χ4v) is 3.22. The molecular weight excluding hydrogens is 440 g/mol. The van der Waals surface area contributed by atoms with Crippen LogP contribution < -0.4 is 0 Å². The Labute approximate surface area is 177 Å². The van der Waals surface area contributed by atoms with Crippen molar-refractivity contribution in [2.45, 2.75) is 37.8 Å². The van der Waals surface area contributed by atoms with Crippen LogP contribution in [-0.2, 0) is 30.1 Å². The Bertz CT molecular complexity index is 1220. The van der Waals surface area contributed by atoms with Crippen LogP contribution in [0.5, 0.6) is 0 Å². The monoisotopic (exact) mass is 455 g/mol. The summed E-state index contributed by atoms with van der Waals surface area (Å²) in [5.74, 6) is -0.864. The van der Waals surface area contributed by atoms with Crippen LogP contribution in [0, 0.1) is 6.57 Å². The van der Waals surface area contributed by atoms with Gasteiger partial charge in [-0.05, 0) is 24.6 Å². The minimum atomic E-state index is -4.80. The first-order chi connectivity index (χ1) is 14.7. The molecule has 3 rings (SSSR count). The molecule has 5 nitrogen and oxygen atoms in total. The van der Waals surface area contributed by atoms with Gasteiger partial charge in [0, 0.05) is 18.0 Å². The lowest BCUT2D eigenvalue weighted by Gasteiger charge is -2.22. The SMILES string of the molecule is [C-]#[N+]c1ccc(CC(=O)[C@@](C)(O)Cn2cc3c(C(F)(F)F)cccc3n2)cc1C(F)(F)F. The van der Waals surface area contributed by atoms with Gasteiger partial charge in [0.15, 0.2) is 11.5 Å². The summed E-state index contributed by atoms with van der Waals surface area (Å²) >= 11 is 0. The predicted molar refractivity (Wildman–Crippen MR) is 102 cm³/mol. The Morgan fingerprint density at radius 3 is 2.34 bits per heavy atom. The molecule has 0 amide bonds. The minimum absolute atomic E-state index is 0.00706. The van der Waals surface area contributed by atoms with Crippen molar-refractivity contribution < 1.29 is 36.2 Å². The molecule has 0 radical (unpaired) electrons. The lowest BCUT2D eigenvalue weighted by molar-refractivity contribution is -0.138. The van der Waals surface area contributed by atoms with Crippen molar-refractivity contribution in [2.75, 3.05) is 0 Å². The van der Waals surface area contributed by atoms with Crippen molar-refractivity contribution in [1.29, 1.82) is 0 Å². The molecule has 32 heavy (non-hydrogen) atoms. The smallest absolute Gasteiger partial charge is 0.380 e. The number of Topliss-reactive ketones (excluding diaryl/α,β-unsaturated/α-hetero) is 1. The predicted octanol–water partition coefficient (Wildman–Crippen LogP) is 5.19. The van der Waals surface area contributed by atoms with E-state index >= 15 is 0 Å². The molecule has 0 unspecified atom stereocenters. The van der Waals surface area contributed by atoms with Crippen LogP contribution in [0.1, 0.15) is 23.6 Å². The number of halogens is 6. The molecule has 11 heteroatoms. The van der Waals surface area contributed by atoms with E-state index in [1.165, 1.54) is 18.2 Å². The Hall–Kier alpha value is -3.39. The van der Waals surface area contributed by atoms with Crippen LogP contribution in [0.15, 0.2) is 42.6 Å². The molecule has 0 saturated carbocycles. The summed E-state index contributed by atoms with van der Waals surface area (Å²) < 4.78 is 79.9. The van der Waals surface area contributed by atoms with Gasteiger partial charge in [-0.1, -0.05) is 24.3 Å². The van der Waals surface area contributed by atoms with E-state index in [0.717, 1.165) is 29.9 Å². The van der Waals surface area contributed by atoms with Crippen LogP contribution in [0.4, 0.5) is 32.0 Å². The summed E-state index contributed by atoms with van der Waals surface area (Å²) in [4.78, 5) is 15.4. The average molecular weight is 455 g/mol. The van der Waals surface area contributed by atoms with Crippen LogP contribution in [0.3, 0.4) is 0 Å². The summed E-state index contributed by atoms with van der Waals surface area (Å²) in [5.41, 5.74) is -4.93. The number of hydrogen-bond acceptors (Lipinski definition) is 3. The van der Waals surface area contributed by atoms with Crippen molar-refractivity contribution in [2.24, 2.45) is 0 Å². The minimum Gasteiger partial charge on any atom is -0.380 e. The van der Waals surface area contributed by atoms with Gasteiger partial charge in [-0.2, -0.15) is 31.4 Å². The quantitative estimate of drug-likeness (QED) is 0.426. The maximum Gasteiger partial charge on any atom is 0.417 e. The zero-order valence-corrected chi connectivity index (χ0v) is 16.4. The Morgan fingerprint density at radius 1 is 1.09 bits per heavy atom. The highest BCUT2D eigenvalue weighted by atomic mass is 19.4. The lowest BCUT2D eigenvalue weighted by atomic mass is 9.94. The lowest BCUT2D eigenvalue weighted by Crippen LogP contribution is -2.40. The van der Waals surface area contributed by atoms with Crippen molar-refractivity contribution >= 4 is 22.4 Å². The van der Waals surface area contributed by atoms with E-state index in [-0.39, 0.29) is 16.5 Å². The Kier molecular flexibility index (Phi) is 5.78. The van der Waals surface area contributed by atoms with Gasteiger partial charge >= 0.3 is 12.4 Å². The Morgan fingerprint density at radius 2 is 1.75 bits per heavy atom. The van der Waals surface area contributed by atoms with E-state index in [4.69, 9.17) is 6.57 Å². The number of ketones is 1. The van der Waals surface area contributed by atoms with Crippen molar-refractivity contribution in [3.63, 3.8) is 0 Å². The topological polar surface area (TPSA) is 59.5 Å². The first-order valence-corrected chi connectivity index (χ1v) is 9.09. The molecule has 0 saturated heterocycles. The molecule has 1 aromatic heterocycles. The third kappa shape index (κ3) is 4.75. The van der Waals surface area contributed by atoms with Gasteiger partial charge in [0.1, 0.15) is 5.60 Å². The van der Waals surface area contributed by atoms with Crippen LogP contribution in [-0.4, -0.2) is 26.3 Å². The zero-order valence-electron chi connectivity index (χ0n) is 16.4. The number of rotatable bonds is 5. The van der Waals surface area contributed by atoms with Gasteiger partial charge in [0.05, 0.1) is 29.8 Å². The van der Waals surface area contributed by atoms with E-state index in [9.17, 15) is 36.2 Å². The summed E-state index contributed by atoms with van der Waals surface area (Å²) in [6.07, 6.45) is -8.96. The van der Waals surface area contributed by atoms with Crippen LogP contribution in [0.2, 0.25) is 0 Å². The molecule has 0 aliphatic carbocycles. The molecule has 0 aliphatic rings. The number of benzene rings is 2. The molecular formula is C21H15F6N3O2. The fourth-order valence-electron chi connectivity index (χ4n) is 3.22. The third-order valence-corrected chi connectivity index (χ3v) is 4.82. The van der Waals surface area contributed by atoms with E-state index < -0.39 is 53.5 Å². The largest absolute Gasteiger partial charge is 0.417 e. The third-order valence-electron chi connectivity index (χ3n) is 4.82. The number of carbonyl (C=O) groups excluding carboxylic acids is 1. The van der Waals surface area contributed by atoms with Gasteiger partial charge in [0.2, 0.25) is 0 Å². The van der Waals surface area contributed by atoms with Gasteiger partial charge < -0.3 is 5.11 Å². The summed E-state index contributed by atoms with van der Waals surface area (Å²) in [6, 6.07) is 6.17. The molecule has 0 fully saturated rings. The normalized spacial score (nSPS) is 14.2. The molecule has 1 atom stereocenters. The van der Waals surface area contributed by atoms with Gasteiger partial charge in [-0.15, -0.1) is 0 Å². The van der Waals surface area contributed by atoms with Gasteiger partial charge in [-0.3, -0.25) is 9.48 Å². The average Bonchev–Trinajstić information content (AvgIpc) is 3.07.